The molecule has 4 rings (SSSR count). The van der Waals surface area contributed by atoms with Gasteiger partial charge in [-0.3, -0.25) is 9.59 Å². The molecule has 2 aromatic carbocycles. The van der Waals surface area contributed by atoms with E-state index in [2.05, 4.69) is 0 Å². The van der Waals surface area contributed by atoms with E-state index in [0.717, 1.165) is 38.8 Å². The summed E-state index contributed by atoms with van der Waals surface area (Å²) in [6, 6.07) is 13.4. The molecule has 0 bridgehead atoms. The summed E-state index contributed by atoms with van der Waals surface area (Å²) in [7, 11) is 0. The second-order valence-electron chi connectivity index (χ2n) is 8.07. The zero-order chi connectivity index (χ0) is 20.9. The summed E-state index contributed by atoms with van der Waals surface area (Å²) in [4.78, 5) is 28.7. The van der Waals surface area contributed by atoms with Gasteiger partial charge in [0.15, 0.2) is 0 Å². The third-order valence-electron chi connectivity index (χ3n) is 5.89. The number of piperidine rings is 1. The van der Waals surface area contributed by atoms with E-state index in [9.17, 15) is 14.0 Å². The number of carbonyl (C=O) groups is 2. The van der Waals surface area contributed by atoms with Crippen LogP contribution in [0.2, 0.25) is 0 Å². The minimum atomic E-state index is -0.482. The largest absolute Gasteiger partial charge is 0.493 e. The van der Waals surface area contributed by atoms with E-state index >= 15 is 0 Å². The molecule has 1 unspecified atom stereocenters. The van der Waals surface area contributed by atoms with Gasteiger partial charge in [-0.05, 0) is 62.1 Å². The fourth-order valence-electron chi connectivity index (χ4n) is 4.20. The summed E-state index contributed by atoms with van der Waals surface area (Å²) >= 11 is 0. The zero-order valence-electron chi connectivity index (χ0n) is 17.1. The Kier molecular flexibility index (Phi) is 6.31. The van der Waals surface area contributed by atoms with Gasteiger partial charge in [-0.15, -0.1) is 0 Å². The van der Waals surface area contributed by atoms with E-state index in [4.69, 9.17) is 4.74 Å². The summed E-state index contributed by atoms with van der Waals surface area (Å²) in [5.41, 5.74) is 0.806. The number of likely N-dealkylation sites (tertiary alicyclic amines) is 2. The van der Waals surface area contributed by atoms with Crippen molar-refractivity contribution in [2.75, 3.05) is 32.8 Å². The normalized spacial score (nSPS) is 19.0. The second kappa shape index (κ2) is 9.28. The van der Waals surface area contributed by atoms with Crippen LogP contribution in [0.4, 0.5) is 4.39 Å². The molecule has 0 aromatic heterocycles. The Morgan fingerprint density at radius 2 is 1.60 bits per heavy atom. The number of amides is 2. The molecule has 2 amide bonds. The van der Waals surface area contributed by atoms with E-state index in [0.29, 0.717) is 31.0 Å². The summed E-state index contributed by atoms with van der Waals surface area (Å²) < 4.78 is 19.9. The molecule has 2 aliphatic rings. The van der Waals surface area contributed by atoms with Crippen LogP contribution in [0.25, 0.3) is 0 Å². The van der Waals surface area contributed by atoms with Crippen LogP contribution in [0.15, 0.2) is 48.5 Å². The van der Waals surface area contributed by atoms with Crippen LogP contribution in [0.3, 0.4) is 0 Å². The van der Waals surface area contributed by atoms with Crippen LogP contribution in [-0.2, 0) is 0 Å². The van der Waals surface area contributed by atoms with Crippen molar-refractivity contribution in [3.63, 3.8) is 0 Å². The molecule has 5 nitrogen and oxygen atoms in total. The molecule has 2 fully saturated rings. The molecule has 0 saturated carbocycles. The van der Waals surface area contributed by atoms with E-state index < -0.39 is 5.82 Å². The Morgan fingerprint density at radius 3 is 2.33 bits per heavy atom. The van der Waals surface area contributed by atoms with Gasteiger partial charge in [0, 0.05) is 37.7 Å². The maximum absolute atomic E-state index is 14.0. The summed E-state index contributed by atoms with van der Waals surface area (Å²) in [6.07, 6.45) is 3.99. The van der Waals surface area contributed by atoms with Crippen LogP contribution in [0, 0.1) is 11.7 Å². The van der Waals surface area contributed by atoms with Gasteiger partial charge in [0.1, 0.15) is 11.6 Å². The molecule has 158 valence electrons. The lowest BCUT2D eigenvalue weighted by Crippen LogP contribution is -2.41. The molecule has 1 atom stereocenters. The number of hydrogen-bond acceptors (Lipinski definition) is 3. The highest BCUT2D eigenvalue weighted by Crippen LogP contribution is 2.22. The molecule has 6 heteroatoms. The third-order valence-corrected chi connectivity index (χ3v) is 5.89. The Hall–Kier alpha value is -2.89. The maximum Gasteiger partial charge on any atom is 0.256 e. The summed E-state index contributed by atoms with van der Waals surface area (Å²) in [5, 5.41) is 0. The molecule has 0 aliphatic carbocycles. The van der Waals surface area contributed by atoms with Crippen molar-refractivity contribution < 1.29 is 18.7 Å². The van der Waals surface area contributed by atoms with E-state index in [1.54, 1.807) is 17.0 Å². The smallest absolute Gasteiger partial charge is 0.256 e. The van der Waals surface area contributed by atoms with Crippen LogP contribution >= 0.6 is 0 Å². The summed E-state index contributed by atoms with van der Waals surface area (Å²) in [6.45, 7) is 3.35. The highest BCUT2D eigenvalue weighted by molar-refractivity contribution is 5.95. The molecule has 0 N–H and O–H groups in total. The highest BCUT2D eigenvalue weighted by Gasteiger charge is 2.26. The van der Waals surface area contributed by atoms with Gasteiger partial charge in [0.05, 0.1) is 12.2 Å². The van der Waals surface area contributed by atoms with Crippen LogP contribution in [0.5, 0.6) is 5.75 Å². The van der Waals surface area contributed by atoms with Gasteiger partial charge in [-0.2, -0.15) is 0 Å². The van der Waals surface area contributed by atoms with Crippen molar-refractivity contribution >= 4 is 11.8 Å². The zero-order valence-corrected chi connectivity index (χ0v) is 17.1. The van der Waals surface area contributed by atoms with E-state index in [1.165, 1.54) is 12.1 Å². The Balaban J connectivity index is 1.31. The first kappa shape index (κ1) is 20.4. The average Bonchev–Trinajstić information content (AvgIpc) is 3.33. The van der Waals surface area contributed by atoms with Gasteiger partial charge in [0.25, 0.3) is 11.8 Å². The number of hydrogen-bond donors (Lipinski definition) is 0. The van der Waals surface area contributed by atoms with Gasteiger partial charge in [-0.1, -0.05) is 12.1 Å². The molecule has 0 radical (unpaired) electrons. The van der Waals surface area contributed by atoms with Gasteiger partial charge < -0.3 is 14.5 Å². The predicted octanol–water partition coefficient (Wildman–Crippen LogP) is 3.99. The Labute approximate surface area is 176 Å². The van der Waals surface area contributed by atoms with Crippen molar-refractivity contribution in [2.24, 2.45) is 5.92 Å². The van der Waals surface area contributed by atoms with Gasteiger partial charge >= 0.3 is 0 Å². The minimum Gasteiger partial charge on any atom is -0.493 e. The topological polar surface area (TPSA) is 49.9 Å². The average molecular weight is 410 g/mol. The lowest BCUT2D eigenvalue weighted by atomic mass is 9.98. The number of halogens is 1. The number of ether oxygens (including phenoxy) is 1. The summed E-state index contributed by atoms with van der Waals surface area (Å²) in [5.74, 6) is 0.242. The number of rotatable bonds is 5. The minimum absolute atomic E-state index is 0.0774. The lowest BCUT2D eigenvalue weighted by Gasteiger charge is -2.32. The van der Waals surface area contributed by atoms with Gasteiger partial charge in [-0.25, -0.2) is 4.39 Å². The van der Waals surface area contributed by atoms with Crippen molar-refractivity contribution in [1.82, 2.24) is 9.80 Å². The first-order valence-electron chi connectivity index (χ1n) is 10.7. The SMILES string of the molecule is O=C(c1ccc(OCC2CCCN(C(=O)c3ccccc3F)C2)cc1)N1CCCC1. The second-order valence-corrected chi connectivity index (χ2v) is 8.07. The Morgan fingerprint density at radius 1 is 0.900 bits per heavy atom. The molecule has 2 saturated heterocycles. The first-order chi connectivity index (χ1) is 14.6. The molecule has 2 heterocycles. The lowest BCUT2D eigenvalue weighted by molar-refractivity contribution is 0.0628. The van der Waals surface area contributed by atoms with Crippen molar-refractivity contribution in [3.8, 4) is 5.75 Å². The van der Waals surface area contributed by atoms with E-state index in [1.807, 2.05) is 29.2 Å². The third kappa shape index (κ3) is 4.64. The molecule has 0 spiro atoms. The highest BCUT2D eigenvalue weighted by atomic mass is 19.1. The fourth-order valence-corrected chi connectivity index (χ4v) is 4.20. The quantitative estimate of drug-likeness (QED) is 0.749. The van der Waals surface area contributed by atoms with Crippen molar-refractivity contribution in [1.29, 1.82) is 0 Å². The monoisotopic (exact) mass is 410 g/mol. The van der Waals surface area contributed by atoms with Crippen molar-refractivity contribution in [2.45, 2.75) is 25.7 Å². The molecular formula is C24H27FN2O3. The predicted molar refractivity (Wildman–Crippen MR) is 112 cm³/mol. The van der Waals surface area contributed by atoms with Crippen LogP contribution in [-0.4, -0.2) is 54.4 Å². The number of carbonyl (C=O) groups excluding carboxylic acids is 2. The maximum atomic E-state index is 14.0. The van der Waals surface area contributed by atoms with E-state index in [-0.39, 0.29) is 23.3 Å². The van der Waals surface area contributed by atoms with Crippen molar-refractivity contribution in [3.05, 3.63) is 65.5 Å². The fraction of sp³-hybridized carbons (Fsp3) is 0.417. The molecule has 2 aliphatic heterocycles. The number of nitrogens with zero attached hydrogens (tertiary/aromatic N) is 2. The van der Waals surface area contributed by atoms with Crippen LogP contribution < -0.4 is 4.74 Å². The Bertz CT molecular complexity index is 894. The number of benzene rings is 2. The van der Waals surface area contributed by atoms with Gasteiger partial charge in [0.2, 0.25) is 0 Å². The van der Waals surface area contributed by atoms with Crippen LogP contribution in [0.1, 0.15) is 46.4 Å². The first-order valence-corrected chi connectivity index (χ1v) is 10.7. The molecule has 2 aromatic rings. The molecular weight excluding hydrogens is 383 g/mol. The standard InChI is InChI=1S/C24H27FN2O3/c25-22-8-2-1-7-21(22)24(29)27-15-5-6-18(16-27)17-30-20-11-9-19(10-12-20)23(28)26-13-3-4-14-26/h1-2,7-12,18H,3-6,13-17H2. The molecule has 30 heavy (non-hydrogen) atoms.